The summed E-state index contributed by atoms with van der Waals surface area (Å²) in [6, 6.07) is 0. The van der Waals surface area contributed by atoms with Gasteiger partial charge in [0, 0.05) is 0 Å². The topological polar surface area (TPSA) is 45.8 Å². The molecule has 1 N–H and O–H groups in total. The minimum absolute atomic E-state index is 0.212. The van der Waals surface area contributed by atoms with Crippen LogP contribution in [0, 0.1) is 0 Å². The third-order valence-electron chi connectivity index (χ3n) is 1.59. The summed E-state index contributed by atoms with van der Waals surface area (Å²) in [5.41, 5.74) is -0.212. The molecule has 3 nitrogen and oxygen atoms in total. The zero-order chi connectivity index (χ0) is 10.4. The van der Waals surface area contributed by atoms with Gasteiger partial charge in [0.1, 0.15) is 0 Å². The van der Waals surface area contributed by atoms with Gasteiger partial charge >= 0.3 is 0 Å². The first-order valence-electron chi connectivity index (χ1n) is 4.29. The van der Waals surface area contributed by atoms with Crippen LogP contribution in [0.1, 0.15) is 6.92 Å². The van der Waals surface area contributed by atoms with Crippen molar-refractivity contribution in [1.82, 2.24) is 9.97 Å². The normalized spacial score (nSPS) is 13.8. The molecule has 0 aromatic carbocycles. The third-order valence-corrected chi connectivity index (χ3v) is 1.59. The molecule has 0 aliphatic heterocycles. The van der Waals surface area contributed by atoms with Crippen LogP contribution in [0.25, 0.3) is 12.2 Å². The Morgan fingerprint density at radius 2 is 2.29 bits per heavy atom. The Morgan fingerprint density at radius 1 is 1.50 bits per heavy atom. The van der Waals surface area contributed by atoms with E-state index in [1.165, 1.54) is 6.20 Å². The predicted octanol–water partition coefficient (Wildman–Crippen LogP) is 0.0930. The summed E-state index contributed by atoms with van der Waals surface area (Å²) in [6.45, 7) is 5.49. The third kappa shape index (κ3) is 2.55. The molecule has 1 aromatic rings. The van der Waals surface area contributed by atoms with Crippen molar-refractivity contribution in [3.05, 3.63) is 52.1 Å². The molecule has 1 aromatic heterocycles. The summed E-state index contributed by atoms with van der Waals surface area (Å²) in [6.07, 6.45) is 10.2. The molecule has 0 spiro atoms. The van der Waals surface area contributed by atoms with Crippen molar-refractivity contribution in [2.75, 3.05) is 0 Å². The van der Waals surface area contributed by atoms with E-state index in [9.17, 15) is 4.79 Å². The van der Waals surface area contributed by atoms with Crippen molar-refractivity contribution in [3.8, 4) is 0 Å². The zero-order valence-electron chi connectivity index (χ0n) is 8.03. The summed E-state index contributed by atoms with van der Waals surface area (Å²) in [5, 5.41) is 1.40. The van der Waals surface area contributed by atoms with E-state index in [0.717, 1.165) is 5.35 Å². The van der Waals surface area contributed by atoms with Crippen LogP contribution in [0.2, 0.25) is 0 Å². The first-order chi connectivity index (χ1) is 6.77. The van der Waals surface area contributed by atoms with Gasteiger partial charge in [-0.15, -0.1) is 0 Å². The second kappa shape index (κ2) is 4.97. The minimum atomic E-state index is -0.212. The van der Waals surface area contributed by atoms with Crippen molar-refractivity contribution in [3.63, 3.8) is 0 Å². The van der Waals surface area contributed by atoms with Crippen molar-refractivity contribution >= 4 is 12.2 Å². The maximum atomic E-state index is 11.0. The van der Waals surface area contributed by atoms with Crippen molar-refractivity contribution in [2.24, 2.45) is 0 Å². The van der Waals surface area contributed by atoms with Gasteiger partial charge in [0.15, 0.2) is 0 Å². The molecule has 0 saturated heterocycles. The Hall–Kier alpha value is -1.90. The Balaban J connectivity index is 3.52. The van der Waals surface area contributed by atoms with Gasteiger partial charge in [0.25, 0.3) is 5.56 Å². The number of aromatic amines is 1. The smallest absolute Gasteiger partial charge is 0.266 e. The Morgan fingerprint density at radius 3 is 2.93 bits per heavy atom. The second-order valence-corrected chi connectivity index (χ2v) is 2.64. The molecule has 0 aliphatic rings. The Kier molecular flexibility index (Phi) is 3.61. The van der Waals surface area contributed by atoms with Gasteiger partial charge in [-0.25, -0.2) is 4.98 Å². The van der Waals surface area contributed by atoms with Gasteiger partial charge in [0.2, 0.25) is 0 Å². The van der Waals surface area contributed by atoms with E-state index in [0.29, 0.717) is 5.35 Å². The zero-order valence-corrected chi connectivity index (χ0v) is 8.03. The fourth-order valence-corrected chi connectivity index (χ4v) is 0.992. The standard InChI is InChI=1S/C11H12N2O/c1-3-5-7-9-10(6-4-2)13-11(14)8-12-9/h3-8H,2H2,1H3,(H,13,14)/b5-3-,9-7+,10-6+. The molecule has 0 bridgehead atoms. The molecule has 0 saturated carbocycles. The van der Waals surface area contributed by atoms with Crippen LogP contribution in [0.15, 0.2) is 35.8 Å². The average molecular weight is 188 g/mol. The number of hydrogen-bond donors (Lipinski definition) is 1. The Bertz CT molecular complexity index is 509. The molecule has 1 rings (SSSR count). The number of aromatic nitrogens is 2. The molecule has 0 fully saturated rings. The number of nitrogens with one attached hydrogen (secondary N) is 1. The maximum Gasteiger partial charge on any atom is 0.266 e. The monoisotopic (exact) mass is 188 g/mol. The molecule has 3 heteroatoms. The summed E-state index contributed by atoms with van der Waals surface area (Å²) in [4.78, 5) is 17.7. The predicted molar refractivity (Wildman–Crippen MR) is 58.0 cm³/mol. The van der Waals surface area contributed by atoms with Gasteiger partial charge in [0.05, 0.1) is 16.9 Å². The summed E-state index contributed by atoms with van der Waals surface area (Å²) in [5.74, 6) is 0. The molecule has 0 amide bonds. The highest BCUT2D eigenvalue weighted by molar-refractivity contribution is 5.38. The van der Waals surface area contributed by atoms with Crippen molar-refractivity contribution in [1.29, 1.82) is 0 Å². The van der Waals surface area contributed by atoms with E-state index >= 15 is 0 Å². The highest BCUT2D eigenvalue weighted by Crippen LogP contribution is 1.68. The summed E-state index contributed by atoms with van der Waals surface area (Å²) < 4.78 is 0. The van der Waals surface area contributed by atoms with E-state index < -0.39 is 0 Å². The molecule has 0 aliphatic carbocycles. The van der Waals surface area contributed by atoms with Crippen LogP contribution in [0.4, 0.5) is 0 Å². The number of allylic oxidation sites excluding steroid dienone is 3. The second-order valence-electron chi connectivity index (χ2n) is 2.64. The van der Waals surface area contributed by atoms with Gasteiger partial charge in [-0.05, 0) is 19.1 Å². The molecule has 14 heavy (non-hydrogen) atoms. The lowest BCUT2D eigenvalue weighted by Crippen LogP contribution is -2.36. The molecule has 0 radical (unpaired) electrons. The molecule has 1 heterocycles. The fourth-order valence-electron chi connectivity index (χ4n) is 0.992. The summed E-state index contributed by atoms with van der Waals surface area (Å²) >= 11 is 0. The number of rotatable bonds is 2. The lowest BCUT2D eigenvalue weighted by Gasteiger charge is -1.87. The van der Waals surface area contributed by atoms with Crippen LogP contribution >= 0.6 is 0 Å². The maximum absolute atomic E-state index is 11.0. The van der Waals surface area contributed by atoms with Gasteiger partial charge in [-0.2, -0.15) is 0 Å². The largest absolute Gasteiger partial charge is 0.319 e. The van der Waals surface area contributed by atoms with E-state index in [1.807, 2.05) is 25.2 Å². The lowest BCUT2D eigenvalue weighted by atomic mass is 10.4. The van der Waals surface area contributed by atoms with Gasteiger partial charge < -0.3 is 4.98 Å². The van der Waals surface area contributed by atoms with Crippen LogP contribution in [0.3, 0.4) is 0 Å². The molecule has 0 atom stereocenters. The fraction of sp³-hybridized carbons (Fsp3) is 0.0909. The number of H-pyrrole nitrogens is 1. The van der Waals surface area contributed by atoms with E-state index in [-0.39, 0.29) is 5.56 Å². The van der Waals surface area contributed by atoms with Crippen LogP contribution in [-0.4, -0.2) is 9.97 Å². The first kappa shape index (κ1) is 10.2. The highest BCUT2D eigenvalue weighted by atomic mass is 16.1. The highest BCUT2D eigenvalue weighted by Gasteiger charge is 1.85. The van der Waals surface area contributed by atoms with E-state index in [4.69, 9.17) is 0 Å². The quantitative estimate of drug-likeness (QED) is 0.715. The van der Waals surface area contributed by atoms with Crippen LogP contribution in [-0.2, 0) is 0 Å². The number of hydrogen-bond acceptors (Lipinski definition) is 2. The number of nitrogens with zero attached hydrogens (tertiary/aromatic N) is 1. The molecular weight excluding hydrogens is 176 g/mol. The molecule has 72 valence electrons. The SMILES string of the molecule is C=C/C=c1/[nH]c(=O)cn/c1=C/C=C\C. The molecular formula is C11H12N2O. The van der Waals surface area contributed by atoms with Gasteiger partial charge in [-0.1, -0.05) is 24.8 Å². The van der Waals surface area contributed by atoms with E-state index in [2.05, 4.69) is 16.5 Å². The van der Waals surface area contributed by atoms with Crippen LogP contribution < -0.4 is 16.3 Å². The van der Waals surface area contributed by atoms with Crippen molar-refractivity contribution < 1.29 is 0 Å². The lowest BCUT2D eigenvalue weighted by molar-refractivity contribution is 1.05. The Labute approximate surface area is 81.8 Å². The van der Waals surface area contributed by atoms with Crippen LogP contribution in [0.5, 0.6) is 0 Å². The summed E-state index contributed by atoms with van der Waals surface area (Å²) in [7, 11) is 0. The van der Waals surface area contributed by atoms with E-state index in [1.54, 1.807) is 12.2 Å². The van der Waals surface area contributed by atoms with Gasteiger partial charge in [-0.3, -0.25) is 4.79 Å². The minimum Gasteiger partial charge on any atom is -0.319 e. The van der Waals surface area contributed by atoms with Crippen molar-refractivity contribution in [2.45, 2.75) is 6.92 Å². The first-order valence-corrected chi connectivity index (χ1v) is 4.29. The molecule has 0 unspecified atom stereocenters. The average Bonchev–Trinajstić information content (AvgIpc) is 2.17.